The first kappa shape index (κ1) is 11.0. The maximum Gasteiger partial charge on any atom is 0.240 e. The van der Waals surface area contributed by atoms with Crippen molar-refractivity contribution < 1.29 is 9.59 Å². The summed E-state index contributed by atoms with van der Waals surface area (Å²) in [5.74, 6) is -0.694. The number of thioether (sulfide) groups is 1. The fourth-order valence-corrected chi connectivity index (χ4v) is 4.06. The van der Waals surface area contributed by atoms with Gasteiger partial charge in [0.2, 0.25) is 11.8 Å². The van der Waals surface area contributed by atoms with Gasteiger partial charge in [0.25, 0.3) is 0 Å². The minimum Gasteiger partial charge on any atom is -0.281 e. The second-order valence-corrected chi connectivity index (χ2v) is 5.82. The zero-order valence-corrected chi connectivity index (χ0v) is 10.8. The predicted molar refractivity (Wildman–Crippen MR) is 72.5 cm³/mol. The van der Waals surface area contributed by atoms with E-state index in [-0.39, 0.29) is 29.0 Å². The molecule has 1 aromatic rings. The zero-order chi connectivity index (χ0) is 13.0. The molecule has 0 aromatic heterocycles. The molecule has 2 saturated heterocycles. The number of hydrazone groups is 1. The maximum absolute atomic E-state index is 12.6. The average Bonchev–Trinajstić information content (AvgIpc) is 3.04. The van der Waals surface area contributed by atoms with E-state index in [1.807, 2.05) is 23.2 Å². The smallest absolute Gasteiger partial charge is 0.240 e. The summed E-state index contributed by atoms with van der Waals surface area (Å²) in [5, 5.41) is 6.05. The van der Waals surface area contributed by atoms with Crippen LogP contribution in [0, 0.1) is 11.8 Å². The first-order chi connectivity index (χ1) is 9.27. The van der Waals surface area contributed by atoms with Gasteiger partial charge >= 0.3 is 0 Å². The van der Waals surface area contributed by atoms with Crippen molar-refractivity contribution in [3.63, 3.8) is 0 Å². The van der Waals surface area contributed by atoms with E-state index in [1.165, 1.54) is 16.7 Å². The summed E-state index contributed by atoms with van der Waals surface area (Å²) in [6.07, 6.45) is 0. The molecule has 3 aliphatic rings. The second-order valence-electron chi connectivity index (χ2n) is 4.85. The third-order valence-corrected chi connectivity index (χ3v) is 4.90. The lowest BCUT2D eigenvalue weighted by atomic mass is 9.99. The van der Waals surface area contributed by atoms with Gasteiger partial charge in [-0.05, 0) is 12.1 Å². The number of anilines is 1. The summed E-state index contributed by atoms with van der Waals surface area (Å²) < 4.78 is 0. The van der Waals surface area contributed by atoms with Crippen LogP contribution in [-0.2, 0) is 9.59 Å². The van der Waals surface area contributed by atoms with Gasteiger partial charge in [-0.15, -0.1) is 0 Å². The number of para-hydroxylation sites is 1. The fourth-order valence-electron chi connectivity index (χ4n) is 3.00. The molecule has 4 rings (SSSR count). The summed E-state index contributed by atoms with van der Waals surface area (Å²) in [4.78, 5) is 26.3. The van der Waals surface area contributed by atoms with Crippen molar-refractivity contribution in [2.45, 2.75) is 5.37 Å². The van der Waals surface area contributed by atoms with Crippen molar-refractivity contribution >= 4 is 34.8 Å². The van der Waals surface area contributed by atoms with Crippen LogP contribution in [0.1, 0.15) is 0 Å². The van der Waals surface area contributed by atoms with Crippen LogP contribution in [0.5, 0.6) is 0 Å². The Bertz CT molecular complexity index is 589. The number of amides is 2. The van der Waals surface area contributed by atoms with E-state index >= 15 is 0 Å². The molecule has 1 unspecified atom stereocenters. The number of carbonyl (C=O) groups excluding carboxylic acids is 2. The van der Waals surface area contributed by atoms with Crippen LogP contribution in [0.4, 0.5) is 5.69 Å². The third kappa shape index (κ3) is 1.40. The number of fused-ring (bicyclic) bond motifs is 3. The molecule has 3 atom stereocenters. The minimum absolute atomic E-state index is 0.00448. The molecule has 96 valence electrons. The average molecular weight is 273 g/mol. The highest BCUT2D eigenvalue weighted by atomic mass is 32.2. The molecule has 3 heterocycles. The van der Waals surface area contributed by atoms with Gasteiger partial charge in [-0.1, -0.05) is 30.0 Å². The van der Waals surface area contributed by atoms with Crippen molar-refractivity contribution in [2.75, 3.05) is 11.4 Å². The van der Waals surface area contributed by atoms with Crippen LogP contribution in [0.15, 0.2) is 35.4 Å². The molecule has 0 bridgehead atoms. The van der Waals surface area contributed by atoms with Gasteiger partial charge in [0, 0.05) is 6.54 Å². The zero-order valence-electron chi connectivity index (χ0n) is 9.97. The molecule has 5 nitrogen and oxygen atoms in total. The lowest BCUT2D eigenvalue weighted by Crippen LogP contribution is -2.36. The van der Waals surface area contributed by atoms with Crippen molar-refractivity contribution in [2.24, 2.45) is 16.9 Å². The van der Waals surface area contributed by atoms with E-state index in [1.54, 1.807) is 17.7 Å². The van der Waals surface area contributed by atoms with Crippen molar-refractivity contribution in [1.82, 2.24) is 5.01 Å². The molecule has 0 N–H and O–H groups in total. The topological polar surface area (TPSA) is 53.0 Å². The Morgan fingerprint density at radius 2 is 1.95 bits per heavy atom. The Labute approximate surface area is 114 Å². The molecule has 6 heteroatoms. The molecule has 0 radical (unpaired) electrons. The standard InChI is InChI=1S/C13H11N3O2S/c17-11-9-6-15-13(19-7-14-15)10(9)12(18)16(11)8-4-2-1-3-5-8/h1-5,7,9-10,13H,6H2/t9-,10+,13?/m0/s1. The molecule has 1 aromatic carbocycles. The lowest BCUT2D eigenvalue weighted by molar-refractivity contribution is -0.123. The molecule has 2 fully saturated rings. The van der Waals surface area contributed by atoms with Crippen LogP contribution >= 0.6 is 11.8 Å². The highest BCUT2D eigenvalue weighted by Gasteiger charge is 2.58. The highest BCUT2D eigenvalue weighted by molar-refractivity contribution is 8.12. The summed E-state index contributed by atoms with van der Waals surface area (Å²) in [5.41, 5.74) is 2.42. The van der Waals surface area contributed by atoms with E-state index in [0.29, 0.717) is 12.2 Å². The quantitative estimate of drug-likeness (QED) is 0.720. The predicted octanol–water partition coefficient (Wildman–Crippen LogP) is 1.12. The summed E-state index contributed by atoms with van der Waals surface area (Å²) in [6, 6.07) is 9.14. The van der Waals surface area contributed by atoms with E-state index in [0.717, 1.165) is 0 Å². The van der Waals surface area contributed by atoms with Crippen molar-refractivity contribution in [3.8, 4) is 0 Å². The molecular weight excluding hydrogens is 262 g/mol. The van der Waals surface area contributed by atoms with Crippen LogP contribution in [0.3, 0.4) is 0 Å². The van der Waals surface area contributed by atoms with Crippen molar-refractivity contribution in [1.29, 1.82) is 0 Å². The first-order valence-corrected chi connectivity index (χ1v) is 7.09. The molecular formula is C13H11N3O2S. The molecule has 0 saturated carbocycles. The molecule has 19 heavy (non-hydrogen) atoms. The van der Waals surface area contributed by atoms with Gasteiger partial charge in [-0.3, -0.25) is 14.6 Å². The first-order valence-electron chi connectivity index (χ1n) is 6.15. The maximum atomic E-state index is 12.6. The van der Waals surface area contributed by atoms with Gasteiger partial charge in [0.15, 0.2) is 0 Å². The van der Waals surface area contributed by atoms with Crippen molar-refractivity contribution in [3.05, 3.63) is 30.3 Å². The van der Waals surface area contributed by atoms with Gasteiger partial charge in [-0.2, -0.15) is 5.10 Å². The van der Waals surface area contributed by atoms with E-state index < -0.39 is 0 Å². The Morgan fingerprint density at radius 1 is 1.16 bits per heavy atom. The second kappa shape index (κ2) is 3.84. The van der Waals surface area contributed by atoms with Crippen LogP contribution in [0.25, 0.3) is 0 Å². The number of hydrogen-bond donors (Lipinski definition) is 0. The number of nitrogens with zero attached hydrogens (tertiary/aromatic N) is 3. The number of hydrogen-bond acceptors (Lipinski definition) is 5. The third-order valence-electron chi connectivity index (χ3n) is 3.87. The summed E-state index contributed by atoms with van der Waals surface area (Å²) >= 11 is 1.53. The Morgan fingerprint density at radius 3 is 2.74 bits per heavy atom. The number of carbonyl (C=O) groups is 2. The summed E-state index contributed by atoms with van der Waals surface area (Å²) in [7, 11) is 0. The van der Waals surface area contributed by atoms with Crippen LogP contribution in [0.2, 0.25) is 0 Å². The fraction of sp³-hybridized carbons (Fsp3) is 0.308. The molecule has 0 spiro atoms. The van der Waals surface area contributed by atoms with Gasteiger partial charge in [0.1, 0.15) is 5.37 Å². The van der Waals surface area contributed by atoms with E-state index in [2.05, 4.69) is 5.10 Å². The molecule has 2 amide bonds. The number of benzene rings is 1. The number of rotatable bonds is 1. The SMILES string of the molecule is O=C1[C@H]2CN3N=CSC3[C@H]2C(=O)N1c1ccccc1. The van der Waals surface area contributed by atoms with Crippen LogP contribution in [-0.4, -0.2) is 34.3 Å². The lowest BCUT2D eigenvalue weighted by Gasteiger charge is -2.20. The Balaban J connectivity index is 1.71. The van der Waals surface area contributed by atoms with Crippen LogP contribution < -0.4 is 4.90 Å². The largest absolute Gasteiger partial charge is 0.281 e. The van der Waals surface area contributed by atoms with E-state index in [4.69, 9.17) is 0 Å². The van der Waals surface area contributed by atoms with Gasteiger partial charge in [-0.25, -0.2) is 4.90 Å². The van der Waals surface area contributed by atoms with Gasteiger partial charge < -0.3 is 0 Å². The summed E-state index contributed by atoms with van der Waals surface area (Å²) in [6.45, 7) is 0.548. The number of imide groups is 1. The Hall–Kier alpha value is -1.82. The van der Waals surface area contributed by atoms with Gasteiger partial charge in [0.05, 0.1) is 23.1 Å². The Kier molecular flexibility index (Phi) is 2.23. The minimum atomic E-state index is -0.264. The highest BCUT2D eigenvalue weighted by Crippen LogP contribution is 2.45. The molecule has 0 aliphatic carbocycles. The molecule has 3 aliphatic heterocycles. The normalized spacial score (nSPS) is 32.1. The monoisotopic (exact) mass is 273 g/mol. The van der Waals surface area contributed by atoms with E-state index in [9.17, 15) is 9.59 Å².